The van der Waals surface area contributed by atoms with E-state index in [1.165, 1.54) is 15.1 Å². The Balaban J connectivity index is 0.00000225. The molecule has 0 saturated heterocycles. The molecule has 136 valence electrons. The number of aryl methyl sites for hydroxylation is 1. The van der Waals surface area contributed by atoms with Crippen LogP contribution in [0, 0.1) is 12.3 Å². The summed E-state index contributed by atoms with van der Waals surface area (Å²) >= 11 is 1.65. The maximum Gasteiger partial charge on any atom is 0.235 e. The standard InChI is InChI=1S/C15H19N5O2S2.ClH/c1-9-8-20(24(2,21)22)12-7-10(13-4-3-5-23-13)6-11(14(9)12)18-19-15(16)17;/h3-5,8,10H,6-7H2,1-2H3,(H4,16,17,19);1H/b18-11+;. The summed E-state index contributed by atoms with van der Waals surface area (Å²) < 4.78 is 25.6. The third kappa shape index (κ3) is 3.88. The van der Waals surface area contributed by atoms with Gasteiger partial charge in [-0.25, -0.2) is 17.8 Å². The van der Waals surface area contributed by atoms with Crippen LogP contribution in [0.1, 0.15) is 34.0 Å². The molecule has 1 unspecified atom stereocenters. The molecule has 2 heterocycles. The molecule has 1 atom stereocenters. The number of thiophene rings is 1. The fraction of sp³-hybridized carbons (Fsp3) is 0.333. The van der Waals surface area contributed by atoms with Crippen LogP contribution < -0.4 is 11.2 Å². The predicted octanol–water partition coefficient (Wildman–Crippen LogP) is 2.00. The summed E-state index contributed by atoms with van der Waals surface area (Å²) in [5, 5.41) is 13.6. The number of nitrogens with two attached hydrogens (primary N) is 1. The smallest absolute Gasteiger partial charge is 0.235 e. The molecule has 7 nitrogen and oxygen atoms in total. The van der Waals surface area contributed by atoms with Crippen molar-refractivity contribution in [1.82, 2.24) is 9.40 Å². The predicted molar refractivity (Wildman–Crippen MR) is 104 cm³/mol. The second-order valence-electron chi connectivity index (χ2n) is 5.90. The van der Waals surface area contributed by atoms with Crippen molar-refractivity contribution in [3.8, 4) is 0 Å². The van der Waals surface area contributed by atoms with Gasteiger partial charge in [0.05, 0.1) is 12.0 Å². The molecule has 2 aromatic rings. The largest absolute Gasteiger partial charge is 0.369 e. The van der Waals surface area contributed by atoms with Gasteiger partial charge in [-0.05, 0) is 30.4 Å². The highest BCUT2D eigenvalue weighted by Crippen LogP contribution is 2.37. The van der Waals surface area contributed by atoms with Gasteiger partial charge < -0.3 is 5.73 Å². The summed E-state index contributed by atoms with van der Waals surface area (Å²) in [6, 6.07) is 4.04. The molecule has 0 radical (unpaired) electrons. The molecular formula is C15H20ClN5O2S2. The first-order valence-electron chi connectivity index (χ1n) is 7.39. The van der Waals surface area contributed by atoms with Gasteiger partial charge in [0, 0.05) is 34.7 Å². The van der Waals surface area contributed by atoms with E-state index in [1.54, 1.807) is 17.5 Å². The Bertz CT molecular complexity index is 916. The molecule has 4 N–H and O–H groups in total. The highest BCUT2D eigenvalue weighted by molar-refractivity contribution is 7.89. The average molecular weight is 402 g/mol. The van der Waals surface area contributed by atoms with E-state index in [9.17, 15) is 8.42 Å². The number of rotatable bonds is 3. The Morgan fingerprint density at radius 1 is 1.48 bits per heavy atom. The van der Waals surface area contributed by atoms with Crippen LogP contribution in [-0.2, 0) is 16.4 Å². The van der Waals surface area contributed by atoms with Crippen LogP contribution in [0.15, 0.2) is 28.8 Å². The monoisotopic (exact) mass is 401 g/mol. The van der Waals surface area contributed by atoms with Crippen molar-refractivity contribution in [2.24, 2.45) is 10.8 Å². The van der Waals surface area contributed by atoms with E-state index in [2.05, 4.69) is 16.6 Å². The highest BCUT2D eigenvalue weighted by atomic mass is 35.5. The van der Waals surface area contributed by atoms with Gasteiger partial charge in [-0.3, -0.25) is 5.41 Å². The number of hydrogen-bond acceptors (Lipinski definition) is 5. The first-order valence-corrected chi connectivity index (χ1v) is 10.1. The Morgan fingerprint density at radius 3 is 2.76 bits per heavy atom. The average Bonchev–Trinajstić information content (AvgIpc) is 3.12. The van der Waals surface area contributed by atoms with Crippen LogP contribution in [-0.4, -0.2) is 30.3 Å². The van der Waals surface area contributed by atoms with Crippen molar-refractivity contribution in [3.63, 3.8) is 0 Å². The molecule has 0 fully saturated rings. The van der Waals surface area contributed by atoms with E-state index in [0.29, 0.717) is 12.8 Å². The molecule has 0 spiro atoms. The van der Waals surface area contributed by atoms with Crippen molar-refractivity contribution >= 4 is 45.4 Å². The van der Waals surface area contributed by atoms with E-state index in [1.807, 2.05) is 18.4 Å². The number of nitrogens with one attached hydrogen (secondary N) is 2. The number of aromatic nitrogens is 1. The van der Waals surface area contributed by atoms with E-state index < -0.39 is 10.0 Å². The second kappa shape index (κ2) is 7.19. The Labute approximate surface area is 156 Å². The number of hydrogen-bond donors (Lipinski definition) is 3. The van der Waals surface area contributed by atoms with Crippen LogP contribution in [0.2, 0.25) is 0 Å². The second-order valence-corrected chi connectivity index (χ2v) is 8.74. The van der Waals surface area contributed by atoms with E-state index in [-0.39, 0.29) is 24.3 Å². The van der Waals surface area contributed by atoms with Crippen molar-refractivity contribution < 1.29 is 8.42 Å². The van der Waals surface area contributed by atoms with Crippen LogP contribution >= 0.6 is 23.7 Å². The van der Waals surface area contributed by atoms with Gasteiger partial charge >= 0.3 is 0 Å². The third-order valence-electron chi connectivity index (χ3n) is 4.04. The quantitative estimate of drug-likeness (QED) is 0.414. The summed E-state index contributed by atoms with van der Waals surface area (Å²) in [6.45, 7) is 1.87. The normalized spacial score (nSPS) is 18.5. The van der Waals surface area contributed by atoms with Crippen molar-refractivity contribution in [2.75, 3.05) is 6.26 Å². The lowest BCUT2D eigenvalue weighted by atomic mass is 9.84. The lowest BCUT2D eigenvalue weighted by Crippen LogP contribution is -2.29. The Hall–Kier alpha value is -1.84. The minimum atomic E-state index is -3.39. The van der Waals surface area contributed by atoms with Gasteiger partial charge in [0.1, 0.15) is 0 Å². The van der Waals surface area contributed by atoms with Gasteiger partial charge in [-0.2, -0.15) is 5.10 Å². The summed E-state index contributed by atoms with van der Waals surface area (Å²) in [5.74, 6) is -0.0951. The Morgan fingerprint density at radius 2 is 2.20 bits per heavy atom. The number of guanidine groups is 1. The van der Waals surface area contributed by atoms with Crippen LogP contribution in [0.25, 0.3) is 0 Å². The summed E-state index contributed by atoms with van der Waals surface area (Å²) in [4.78, 5) is 1.19. The topological polar surface area (TPSA) is 113 Å². The van der Waals surface area contributed by atoms with E-state index in [0.717, 1.165) is 22.5 Å². The molecule has 1 aliphatic carbocycles. The summed E-state index contributed by atoms with van der Waals surface area (Å²) in [6.07, 6.45) is 4.14. The number of halogens is 1. The Kier molecular flexibility index (Phi) is 5.60. The fourth-order valence-corrected chi connectivity index (χ4v) is 4.88. The summed E-state index contributed by atoms with van der Waals surface area (Å²) in [7, 11) is -3.39. The number of hydrazone groups is 1. The van der Waals surface area contributed by atoms with Gasteiger partial charge in [0.2, 0.25) is 16.0 Å². The van der Waals surface area contributed by atoms with E-state index in [4.69, 9.17) is 11.1 Å². The molecule has 1 aliphatic rings. The molecular weight excluding hydrogens is 382 g/mol. The highest BCUT2D eigenvalue weighted by Gasteiger charge is 2.32. The van der Waals surface area contributed by atoms with Crippen LogP contribution in [0.4, 0.5) is 0 Å². The fourth-order valence-electron chi connectivity index (χ4n) is 3.13. The molecule has 2 aromatic heterocycles. The first kappa shape index (κ1) is 19.5. The number of nitrogens with zero attached hydrogens (tertiary/aromatic N) is 2. The van der Waals surface area contributed by atoms with Gasteiger partial charge in [0.15, 0.2) is 0 Å². The number of fused-ring (bicyclic) bond motifs is 1. The molecule has 3 rings (SSSR count). The SMILES string of the molecule is Cc1cn(S(C)(=O)=O)c2c1/C(=N/NC(=N)N)CC(c1cccs1)C2.Cl. The minimum Gasteiger partial charge on any atom is -0.369 e. The van der Waals surface area contributed by atoms with Crippen LogP contribution in [0.3, 0.4) is 0 Å². The zero-order valence-corrected chi connectivity index (χ0v) is 16.3. The molecule has 25 heavy (non-hydrogen) atoms. The minimum absolute atomic E-state index is 0. The van der Waals surface area contributed by atoms with Gasteiger partial charge in [-0.15, -0.1) is 23.7 Å². The molecule has 0 bridgehead atoms. The lowest BCUT2D eigenvalue weighted by Gasteiger charge is -2.25. The third-order valence-corrected chi connectivity index (χ3v) is 6.12. The molecule has 0 aromatic carbocycles. The van der Waals surface area contributed by atoms with Gasteiger partial charge in [0.25, 0.3) is 0 Å². The molecule has 0 aliphatic heterocycles. The maximum atomic E-state index is 12.1. The van der Waals surface area contributed by atoms with Gasteiger partial charge in [-0.1, -0.05) is 6.07 Å². The first-order chi connectivity index (χ1) is 11.3. The van der Waals surface area contributed by atoms with Crippen molar-refractivity contribution in [2.45, 2.75) is 25.7 Å². The van der Waals surface area contributed by atoms with Crippen LogP contribution in [0.5, 0.6) is 0 Å². The van der Waals surface area contributed by atoms with Crippen molar-refractivity contribution in [1.29, 1.82) is 5.41 Å². The summed E-state index contributed by atoms with van der Waals surface area (Å²) in [5.41, 5.74) is 11.0. The maximum absolute atomic E-state index is 12.1. The zero-order chi connectivity index (χ0) is 17.5. The van der Waals surface area contributed by atoms with Crippen molar-refractivity contribution in [3.05, 3.63) is 45.4 Å². The lowest BCUT2D eigenvalue weighted by molar-refractivity contribution is 0.587. The molecule has 0 amide bonds. The molecule has 0 saturated carbocycles. The molecule has 10 heteroatoms. The zero-order valence-electron chi connectivity index (χ0n) is 13.8. The van der Waals surface area contributed by atoms with E-state index >= 15 is 0 Å².